The predicted octanol–water partition coefficient (Wildman–Crippen LogP) is 4.26. The zero-order chi connectivity index (χ0) is 23.3. The minimum Gasteiger partial charge on any atom is -0.497 e. The molecule has 3 aromatic carbocycles. The van der Waals surface area contributed by atoms with Crippen LogP contribution < -0.4 is 10.2 Å². The molecule has 0 aliphatic rings. The van der Waals surface area contributed by atoms with Gasteiger partial charge in [-0.2, -0.15) is 13.5 Å². The van der Waals surface area contributed by atoms with Gasteiger partial charge >= 0.3 is 0 Å². The van der Waals surface area contributed by atoms with Crippen LogP contribution in [0.15, 0.2) is 70.7 Å². The minimum atomic E-state index is -4.46. The smallest absolute Gasteiger partial charge is 0.295 e. The van der Waals surface area contributed by atoms with Gasteiger partial charge in [0.15, 0.2) is 0 Å². The molecule has 9 heteroatoms. The van der Waals surface area contributed by atoms with Crippen LogP contribution in [0.2, 0.25) is 5.02 Å². The van der Waals surface area contributed by atoms with Gasteiger partial charge in [0.2, 0.25) is 5.91 Å². The quantitative estimate of drug-likeness (QED) is 0.303. The molecule has 32 heavy (non-hydrogen) atoms. The zero-order valence-corrected chi connectivity index (χ0v) is 18.9. The summed E-state index contributed by atoms with van der Waals surface area (Å²) in [5.41, 5.74) is 5.26. The van der Waals surface area contributed by atoms with E-state index in [1.54, 1.807) is 68.6 Å². The molecule has 0 aliphatic heterocycles. The monoisotopic (exact) mass is 472 g/mol. The standard InChI is InChI=1S/C23H21ClN2O5S/c1-15-6-9-22(32(28,29)30)21(10-15)20-8-7-18(24)13-17(20)14-25-26-23(27)12-16-4-3-5-19(11-16)31-2/h3-11,13-14H,12H2,1-2H3,(H,26,27)(H,28,29,30). The number of nitrogens with one attached hydrogen (secondary N) is 1. The molecule has 3 aromatic rings. The van der Waals surface area contributed by atoms with Gasteiger partial charge in [0.25, 0.3) is 10.1 Å². The van der Waals surface area contributed by atoms with Gasteiger partial charge in [0.1, 0.15) is 10.6 Å². The lowest BCUT2D eigenvalue weighted by molar-refractivity contribution is -0.120. The number of hydrogen-bond acceptors (Lipinski definition) is 5. The Balaban J connectivity index is 1.87. The van der Waals surface area contributed by atoms with Gasteiger partial charge in [0.05, 0.1) is 19.7 Å². The van der Waals surface area contributed by atoms with E-state index in [-0.39, 0.29) is 17.2 Å². The molecular weight excluding hydrogens is 452 g/mol. The van der Waals surface area contributed by atoms with E-state index in [4.69, 9.17) is 16.3 Å². The topological polar surface area (TPSA) is 105 Å². The molecule has 0 atom stereocenters. The second kappa shape index (κ2) is 9.95. The Hall–Kier alpha value is -3.20. The van der Waals surface area contributed by atoms with Crippen molar-refractivity contribution in [2.24, 2.45) is 5.10 Å². The van der Waals surface area contributed by atoms with E-state index in [1.165, 1.54) is 12.3 Å². The third kappa shape index (κ3) is 5.94. The van der Waals surface area contributed by atoms with Gasteiger partial charge in [-0.1, -0.05) is 47.5 Å². The van der Waals surface area contributed by atoms with E-state index in [0.29, 0.717) is 27.5 Å². The maximum Gasteiger partial charge on any atom is 0.295 e. The second-order valence-electron chi connectivity index (χ2n) is 7.03. The number of benzene rings is 3. The van der Waals surface area contributed by atoms with Crippen molar-refractivity contribution in [3.05, 3.63) is 82.4 Å². The second-order valence-corrected chi connectivity index (χ2v) is 8.85. The SMILES string of the molecule is COc1cccc(CC(=O)NN=Cc2cc(Cl)ccc2-c2cc(C)ccc2S(=O)(=O)O)c1. The largest absolute Gasteiger partial charge is 0.497 e. The Morgan fingerprint density at radius 3 is 2.62 bits per heavy atom. The number of rotatable bonds is 7. The molecule has 0 saturated heterocycles. The van der Waals surface area contributed by atoms with E-state index in [2.05, 4.69) is 10.5 Å². The number of aryl methyl sites for hydroxylation is 1. The summed E-state index contributed by atoms with van der Waals surface area (Å²) in [6, 6.07) is 16.5. The Bertz CT molecular complexity index is 1290. The molecule has 2 N–H and O–H groups in total. The van der Waals surface area contributed by atoms with E-state index in [9.17, 15) is 17.8 Å². The molecule has 7 nitrogen and oxygen atoms in total. The zero-order valence-electron chi connectivity index (χ0n) is 17.4. The fourth-order valence-electron chi connectivity index (χ4n) is 3.15. The highest BCUT2D eigenvalue weighted by Gasteiger charge is 2.18. The third-order valence-corrected chi connectivity index (χ3v) is 5.76. The molecule has 0 spiro atoms. The predicted molar refractivity (Wildman–Crippen MR) is 124 cm³/mol. The van der Waals surface area contributed by atoms with Crippen molar-refractivity contribution >= 4 is 33.8 Å². The Morgan fingerprint density at radius 2 is 1.91 bits per heavy atom. The Morgan fingerprint density at radius 1 is 1.12 bits per heavy atom. The fourth-order valence-corrected chi connectivity index (χ4v) is 4.01. The molecule has 0 unspecified atom stereocenters. The van der Waals surface area contributed by atoms with Crippen molar-refractivity contribution < 1.29 is 22.5 Å². The van der Waals surface area contributed by atoms with E-state index < -0.39 is 10.1 Å². The van der Waals surface area contributed by atoms with Crippen molar-refractivity contribution in [2.45, 2.75) is 18.2 Å². The highest BCUT2D eigenvalue weighted by atomic mass is 35.5. The van der Waals surface area contributed by atoms with Crippen LogP contribution in [0, 0.1) is 6.92 Å². The molecule has 0 heterocycles. The van der Waals surface area contributed by atoms with E-state index >= 15 is 0 Å². The number of carbonyl (C=O) groups excluding carboxylic acids is 1. The number of hydrogen-bond donors (Lipinski definition) is 2. The highest BCUT2D eigenvalue weighted by molar-refractivity contribution is 7.86. The molecule has 0 aromatic heterocycles. The summed E-state index contributed by atoms with van der Waals surface area (Å²) in [4.78, 5) is 12.0. The average Bonchev–Trinajstić information content (AvgIpc) is 2.73. The fraction of sp³-hybridized carbons (Fsp3) is 0.130. The van der Waals surface area contributed by atoms with Crippen LogP contribution in [0.1, 0.15) is 16.7 Å². The first-order valence-corrected chi connectivity index (χ1v) is 11.3. The van der Waals surface area contributed by atoms with Crippen molar-refractivity contribution in [3.8, 4) is 16.9 Å². The molecular formula is C23H21ClN2O5S. The number of amides is 1. The van der Waals surface area contributed by atoms with Crippen LogP contribution >= 0.6 is 11.6 Å². The summed E-state index contributed by atoms with van der Waals surface area (Å²) in [6.07, 6.45) is 1.47. The highest BCUT2D eigenvalue weighted by Crippen LogP contribution is 2.32. The summed E-state index contributed by atoms with van der Waals surface area (Å²) in [7, 11) is -2.91. The van der Waals surface area contributed by atoms with Crippen LogP contribution in [0.4, 0.5) is 0 Å². The first-order chi connectivity index (χ1) is 15.2. The van der Waals surface area contributed by atoms with Gasteiger partial charge in [-0.3, -0.25) is 9.35 Å². The molecule has 0 aliphatic carbocycles. The number of ether oxygens (including phenoxy) is 1. The van der Waals surface area contributed by atoms with Gasteiger partial charge < -0.3 is 4.74 Å². The average molecular weight is 473 g/mol. The maximum atomic E-state index is 12.3. The Kier molecular flexibility index (Phi) is 7.29. The van der Waals surface area contributed by atoms with Crippen LogP contribution in [0.5, 0.6) is 5.75 Å². The number of methoxy groups -OCH3 is 1. The van der Waals surface area contributed by atoms with Crippen LogP contribution in [-0.4, -0.2) is 32.2 Å². The number of carbonyl (C=O) groups is 1. The van der Waals surface area contributed by atoms with Gasteiger partial charge in [-0.05, 0) is 48.4 Å². The van der Waals surface area contributed by atoms with Crippen molar-refractivity contribution in [1.29, 1.82) is 0 Å². The van der Waals surface area contributed by atoms with Crippen LogP contribution in [-0.2, 0) is 21.3 Å². The van der Waals surface area contributed by atoms with Crippen molar-refractivity contribution in [2.75, 3.05) is 7.11 Å². The molecule has 3 rings (SSSR count). The molecule has 0 radical (unpaired) electrons. The van der Waals surface area contributed by atoms with Crippen molar-refractivity contribution in [3.63, 3.8) is 0 Å². The lowest BCUT2D eigenvalue weighted by Gasteiger charge is -2.12. The molecule has 0 bridgehead atoms. The third-order valence-electron chi connectivity index (χ3n) is 4.61. The molecule has 166 valence electrons. The summed E-state index contributed by atoms with van der Waals surface area (Å²) >= 11 is 6.11. The van der Waals surface area contributed by atoms with E-state index in [0.717, 1.165) is 11.1 Å². The number of halogens is 1. The van der Waals surface area contributed by atoms with Gasteiger partial charge in [-0.25, -0.2) is 5.43 Å². The first-order valence-electron chi connectivity index (χ1n) is 9.50. The maximum absolute atomic E-state index is 12.3. The molecule has 1 amide bonds. The lowest BCUT2D eigenvalue weighted by Crippen LogP contribution is -2.19. The van der Waals surface area contributed by atoms with Crippen molar-refractivity contribution in [1.82, 2.24) is 5.43 Å². The number of hydrazone groups is 1. The lowest BCUT2D eigenvalue weighted by atomic mass is 9.99. The molecule has 0 saturated carbocycles. The summed E-state index contributed by atoms with van der Waals surface area (Å²) in [5, 5.41) is 4.40. The Labute approximate surface area is 191 Å². The first kappa shape index (κ1) is 23.5. The molecule has 0 fully saturated rings. The number of nitrogens with zero attached hydrogens (tertiary/aromatic N) is 1. The van der Waals surface area contributed by atoms with Crippen LogP contribution in [0.25, 0.3) is 11.1 Å². The normalized spacial score (nSPS) is 11.5. The summed E-state index contributed by atoms with van der Waals surface area (Å²) < 4.78 is 38.5. The van der Waals surface area contributed by atoms with Gasteiger partial charge in [-0.15, -0.1) is 0 Å². The van der Waals surface area contributed by atoms with Gasteiger partial charge in [0, 0.05) is 16.1 Å². The minimum absolute atomic E-state index is 0.0989. The van der Waals surface area contributed by atoms with Crippen LogP contribution in [0.3, 0.4) is 0 Å². The summed E-state index contributed by atoms with van der Waals surface area (Å²) in [6.45, 7) is 1.81. The van der Waals surface area contributed by atoms with E-state index in [1.807, 2.05) is 0 Å². The summed E-state index contributed by atoms with van der Waals surface area (Å²) in [5.74, 6) is 0.308.